The first-order chi connectivity index (χ1) is 13.8. The Labute approximate surface area is 169 Å². The standard InChI is InChI=1S/C20H25N3O6/c1-12(2)9-22-18(25)19(26)23(20(22)27)11-17(24)21-6-5-13-7-15(28-3)16(29-4)8-14(13)10-21/h7-8,12H,5-6,9-11H2,1-4H3. The number of ether oxygens (including phenoxy) is 2. The van der Waals surface area contributed by atoms with Crippen molar-refractivity contribution in [2.24, 2.45) is 5.92 Å². The molecular formula is C20H25N3O6. The number of benzene rings is 1. The van der Waals surface area contributed by atoms with Crippen LogP contribution in [-0.2, 0) is 27.3 Å². The monoisotopic (exact) mass is 403 g/mol. The first-order valence-electron chi connectivity index (χ1n) is 9.45. The number of nitrogens with zero attached hydrogens (tertiary/aromatic N) is 3. The van der Waals surface area contributed by atoms with Gasteiger partial charge in [0.25, 0.3) is 0 Å². The van der Waals surface area contributed by atoms with Gasteiger partial charge >= 0.3 is 17.8 Å². The van der Waals surface area contributed by atoms with Crippen LogP contribution in [0.3, 0.4) is 0 Å². The number of carbonyl (C=O) groups excluding carboxylic acids is 4. The predicted molar refractivity (Wildman–Crippen MR) is 102 cm³/mol. The quantitative estimate of drug-likeness (QED) is 0.520. The van der Waals surface area contributed by atoms with E-state index in [9.17, 15) is 19.2 Å². The first-order valence-corrected chi connectivity index (χ1v) is 9.45. The smallest absolute Gasteiger partial charge is 0.334 e. The third kappa shape index (κ3) is 3.90. The Balaban J connectivity index is 1.72. The zero-order valence-electron chi connectivity index (χ0n) is 17.1. The molecule has 0 unspecified atom stereocenters. The van der Waals surface area contributed by atoms with Crippen LogP contribution in [0.25, 0.3) is 0 Å². The summed E-state index contributed by atoms with van der Waals surface area (Å²) in [6.45, 7) is 4.16. The van der Waals surface area contributed by atoms with Crippen molar-refractivity contribution < 1.29 is 28.7 Å². The predicted octanol–water partition coefficient (Wildman–Crippen LogP) is 1.04. The Hall–Kier alpha value is -3.10. The number of fused-ring (bicyclic) bond motifs is 1. The van der Waals surface area contributed by atoms with Gasteiger partial charge in [0.1, 0.15) is 6.54 Å². The highest BCUT2D eigenvalue weighted by molar-refractivity contribution is 6.45. The van der Waals surface area contributed by atoms with Crippen LogP contribution in [0.4, 0.5) is 4.79 Å². The van der Waals surface area contributed by atoms with Crippen LogP contribution in [-0.4, -0.2) is 72.3 Å². The molecule has 0 aliphatic carbocycles. The fourth-order valence-corrected chi connectivity index (χ4v) is 3.55. The normalized spacial score (nSPS) is 16.6. The van der Waals surface area contributed by atoms with Crippen molar-refractivity contribution in [3.8, 4) is 11.5 Å². The van der Waals surface area contributed by atoms with Crippen LogP contribution in [0.5, 0.6) is 11.5 Å². The number of imide groups is 2. The van der Waals surface area contributed by atoms with Crippen molar-refractivity contribution in [2.75, 3.05) is 33.9 Å². The van der Waals surface area contributed by atoms with Crippen LogP contribution in [0, 0.1) is 5.92 Å². The zero-order chi connectivity index (χ0) is 21.3. The molecule has 9 nitrogen and oxygen atoms in total. The maximum absolute atomic E-state index is 12.8. The van der Waals surface area contributed by atoms with Gasteiger partial charge in [-0.25, -0.2) is 9.69 Å². The second-order valence-corrected chi connectivity index (χ2v) is 7.52. The molecule has 0 radical (unpaired) electrons. The Bertz CT molecular complexity index is 866. The molecule has 156 valence electrons. The second kappa shape index (κ2) is 8.10. The molecule has 0 aromatic heterocycles. The topological polar surface area (TPSA) is 96.5 Å². The van der Waals surface area contributed by atoms with Gasteiger partial charge in [-0.3, -0.25) is 19.3 Å². The zero-order valence-corrected chi connectivity index (χ0v) is 17.1. The third-order valence-corrected chi connectivity index (χ3v) is 5.05. The Morgan fingerprint density at radius 2 is 1.59 bits per heavy atom. The lowest BCUT2D eigenvalue weighted by molar-refractivity contribution is -0.145. The minimum Gasteiger partial charge on any atom is -0.493 e. The summed E-state index contributed by atoms with van der Waals surface area (Å²) >= 11 is 0. The molecule has 29 heavy (non-hydrogen) atoms. The summed E-state index contributed by atoms with van der Waals surface area (Å²) in [5, 5.41) is 0. The molecular weight excluding hydrogens is 378 g/mol. The molecule has 1 saturated heterocycles. The second-order valence-electron chi connectivity index (χ2n) is 7.52. The fraction of sp³-hybridized carbons (Fsp3) is 0.500. The Kier molecular flexibility index (Phi) is 5.76. The number of amides is 5. The number of hydrogen-bond acceptors (Lipinski definition) is 6. The number of hydrogen-bond donors (Lipinski definition) is 0. The molecule has 2 aliphatic heterocycles. The average Bonchev–Trinajstić information content (AvgIpc) is 2.90. The van der Waals surface area contributed by atoms with Crippen molar-refractivity contribution >= 4 is 23.8 Å². The summed E-state index contributed by atoms with van der Waals surface area (Å²) in [4.78, 5) is 52.7. The van der Waals surface area contributed by atoms with E-state index in [2.05, 4.69) is 0 Å². The maximum atomic E-state index is 12.8. The number of rotatable bonds is 6. The van der Waals surface area contributed by atoms with Crippen LogP contribution in [0.15, 0.2) is 12.1 Å². The SMILES string of the molecule is COc1cc2c(cc1OC)CN(C(=O)CN1C(=O)C(=O)N(CC(C)C)C1=O)CC2. The summed E-state index contributed by atoms with van der Waals surface area (Å²) in [5.74, 6) is -0.989. The van der Waals surface area contributed by atoms with Crippen LogP contribution < -0.4 is 9.47 Å². The van der Waals surface area contributed by atoms with Gasteiger partial charge in [0.15, 0.2) is 11.5 Å². The first kappa shape index (κ1) is 20.6. The highest BCUT2D eigenvalue weighted by atomic mass is 16.5. The molecule has 1 aromatic rings. The number of methoxy groups -OCH3 is 2. The molecule has 2 aliphatic rings. The summed E-state index contributed by atoms with van der Waals surface area (Å²) in [6, 6.07) is 2.99. The average molecular weight is 403 g/mol. The molecule has 1 fully saturated rings. The van der Waals surface area contributed by atoms with E-state index >= 15 is 0 Å². The van der Waals surface area contributed by atoms with Gasteiger partial charge < -0.3 is 14.4 Å². The van der Waals surface area contributed by atoms with Crippen molar-refractivity contribution in [3.63, 3.8) is 0 Å². The maximum Gasteiger partial charge on any atom is 0.334 e. The van der Waals surface area contributed by atoms with Crippen molar-refractivity contribution in [1.82, 2.24) is 14.7 Å². The molecule has 5 amide bonds. The van der Waals surface area contributed by atoms with Gasteiger partial charge in [-0.2, -0.15) is 0 Å². The molecule has 0 spiro atoms. The highest BCUT2D eigenvalue weighted by Gasteiger charge is 2.45. The van der Waals surface area contributed by atoms with Crippen LogP contribution in [0.1, 0.15) is 25.0 Å². The van der Waals surface area contributed by atoms with Gasteiger partial charge in [-0.05, 0) is 35.6 Å². The minimum atomic E-state index is -0.951. The van der Waals surface area contributed by atoms with E-state index < -0.39 is 24.4 Å². The van der Waals surface area contributed by atoms with Crippen LogP contribution >= 0.6 is 0 Å². The van der Waals surface area contributed by atoms with E-state index in [1.807, 2.05) is 26.0 Å². The molecule has 1 aromatic carbocycles. The van der Waals surface area contributed by atoms with E-state index in [1.54, 1.807) is 19.1 Å². The molecule has 0 saturated carbocycles. The van der Waals surface area contributed by atoms with Crippen molar-refractivity contribution in [1.29, 1.82) is 0 Å². The molecule has 0 bridgehead atoms. The third-order valence-electron chi connectivity index (χ3n) is 5.05. The van der Waals surface area contributed by atoms with E-state index in [4.69, 9.17) is 9.47 Å². The fourth-order valence-electron chi connectivity index (χ4n) is 3.55. The van der Waals surface area contributed by atoms with Gasteiger partial charge in [0, 0.05) is 19.6 Å². The van der Waals surface area contributed by atoms with Crippen molar-refractivity contribution in [3.05, 3.63) is 23.3 Å². The van der Waals surface area contributed by atoms with E-state index in [1.165, 1.54) is 0 Å². The molecule has 9 heteroatoms. The Morgan fingerprint density at radius 1 is 1.00 bits per heavy atom. The summed E-state index contributed by atoms with van der Waals surface area (Å²) in [5.41, 5.74) is 1.97. The molecule has 0 N–H and O–H groups in total. The molecule has 2 heterocycles. The van der Waals surface area contributed by atoms with Gasteiger partial charge in [0.05, 0.1) is 14.2 Å². The van der Waals surface area contributed by atoms with Crippen molar-refractivity contribution in [2.45, 2.75) is 26.8 Å². The number of urea groups is 1. The number of carbonyl (C=O) groups is 4. The molecule has 3 rings (SSSR count). The summed E-state index contributed by atoms with van der Waals surface area (Å²) < 4.78 is 10.6. The van der Waals surface area contributed by atoms with E-state index in [-0.39, 0.29) is 18.4 Å². The summed E-state index contributed by atoms with van der Waals surface area (Å²) in [6.07, 6.45) is 0.613. The lowest BCUT2D eigenvalue weighted by atomic mass is 9.98. The largest absolute Gasteiger partial charge is 0.493 e. The Morgan fingerprint density at radius 3 is 2.17 bits per heavy atom. The minimum absolute atomic E-state index is 0.0249. The lowest BCUT2D eigenvalue weighted by Crippen LogP contribution is -2.45. The highest BCUT2D eigenvalue weighted by Crippen LogP contribution is 2.33. The summed E-state index contributed by atoms with van der Waals surface area (Å²) in [7, 11) is 3.11. The van der Waals surface area contributed by atoms with Gasteiger partial charge in [0.2, 0.25) is 5.91 Å². The van der Waals surface area contributed by atoms with Gasteiger partial charge in [-0.1, -0.05) is 13.8 Å². The van der Waals surface area contributed by atoms with E-state index in [0.29, 0.717) is 31.0 Å². The van der Waals surface area contributed by atoms with Gasteiger partial charge in [-0.15, -0.1) is 0 Å². The van der Waals surface area contributed by atoms with E-state index in [0.717, 1.165) is 20.9 Å². The molecule has 0 atom stereocenters. The lowest BCUT2D eigenvalue weighted by Gasteiger charge is -2.30. The van der Waals surface area contributed by atoms with Crippen LogP contribution in [0.2, 0.25) is 0 Å².